The van der Waals surface area contributed by atoms with Gasteiger partial charge in [-0.15, -0.1) is 0 Å². The van der Waals surface area contributed by atoms with E-state index in [2.05, 4.69) is 6.92 Å². The van der Waals surface area contributed by atoms with E-state index in [1.807, 2.05) is 14.1 Å². The van der Waals surface area contributed by atoms with E-state index in [9.17, 15) is 14.6 Å². The Morgan fingerprint density at radius 2 is 1.88 bits per heavy atom. The smallest absolute Gasteiger partial charge is 0.169 e. The van der Waals surface area contributed by atoms with Crippen LogP contribution in [0.2, 0.25) is 0 Å². The first kappa shape index (κ1) is 13.8. The van der Waals surface area contributed by atoms with Crippen LogP contribution in [0.25, 0.3) is 0 Å². The molecule has 0 aliphatic heterocycles. The van der Waals surface area contributed by atoms with Crippen LogP contribution in [-0.2, 0) is 6.54 Å². The van der Waals surface area contributed by atoms with Crippen molar-refractivity contribution >= 4 is 0 Å². The summed E-state index contributed by atoms with van der Waals surface area (Å²) in [6.07, 6.45) is 2.13. The van der Waals surface area contributed by atoms with Crippen LogP contribution in [0.4, 0.5) is 4.39 Å². The highest BCUT2D eigenvalue weighted by Gasteiger charge is 2.22. The number of aromatic hydroxyl groups is 2. The molecule has 17 heavy (non-hydrogen) atoms. The molecular weight excluding hydrogens is 221 g/mol. The quantitative estimate of drug-likeness (QED) is 0.615. The zero-order valence-corrected chi connectivity index (χ0v) is 10.7. The lowest BCUT2D eigenvalue weighted by molar-refractivity contribution is -0.904. The van der Waals surface area contributed by atoms with E-state index >= 15 is 0 Å². The summed E-state index contributed by atoms with van der Waals surface area (Å²) < 4.78 is 14.2. The highest BCUT2D eigenvalue weighted by atomic mass is 19.1. The molecule has 3 nitrogen and oxygen atoms in total. The Labute approximate surface area is 102 Å². The first-order chi connectivity index (χ1) is 7.87. The number of hydrogen-bond acceptors (Lipinski definition) is 2. The summed E-state index contributed by atoms with van der Waals surface area (Å²) >= 11 is 0. The van der Waals surface area contributed by atoms with Crippen LogP contribution in [0.15, 0.2) is 12.1 Å². The molecule has 0 bridgehead atoms. The number of rotatable bonds is 5. The van der Waals surface area contributed by atoms with E-state index < -0.39 is 5.82 Å². The number of phenols is 2. The highest BCUT2D eigenvalue weighted by molar-refractivity contribution is 5.44. The SMILES string of the molecule is CCCC[N+](C)(C)Cc1c(F)ccc(O)c1O. The highest BCUT2D eigenvalue weighted by Crippen LogP contribution is 2.32. The molecule has 1 aromatic carbocycles. The summed E-state index contributed by atoms with van der Waals surface area (Å²) in [4.78, 5) is 0. The fourth-order valence-corrected chi connectivity index (χ4v) is 1.84. The van der Waals surface area contributed by atoms with Gasteiger partial charge in [-0.3, -0.25) is 0 Å². The Morgan fingerprint density at radius 1 is 1.24 bits per heavy atom. The minimum absolute atomic E-state index is 0.186. The van der Waals surface area contributed by atoms with Crippen LogP contribution in [0.5, 0.6) is 11.5 Å². The molecule has 0 spiro atoms. The van der Waals surface area contributed by atoms with Crippen molar-refractivity contribution in [2.45, 2.75) is 26.3 Å². The molecule has 0 aliphatic rings. The molecule has 0 aromatic heterocycles. The normalized spacial score (nSPS) is 11.8. The van der Waals surface area contributed by atoms with Crippen LogP contribution in [-0.4, -0.2) is 35.3 Å². The lowest BCUT2D eigenvalue weighted by Crippen LogP contribution is -2.39. The van der Waals surface area contributed by atoms with Gasteiger partial charge in [0.05, 0.1) is 26.2 Å². The van der Waals surface area contributed by atoms with Crippen molar-refractivity contribution in [3.8, 4) is 11.5 Å². The zero-order valence-electron chi connectivity index (χ0n) is 10.7. The van der Waals surface area contributed by atoms with Crippen molar-refractivity contribution in [3.63, 3.8) is 0 Å². The maximum atomic E-state index is 13.6. The summed E-state index contributed by atoms with van der Waals surface area (Å²) in [7, 11) is 3.97. The third kappa shape index (κ3) is 3.60. The second-order valence-electron chi connectivity index (χ2n) is 5.06. The van der Waals surface area contributed by atoms with Crippen molar-refractivity contribution in [1.29, 1.82) is 0 Å². The van der Waals surface area contributed by atoms with Crippen LogP contribution in [0.1, 0.15) is 25.3 Å². The molecule has 2 N–H and O–H groups in total. The van der Waals surface area contributed by atoms with Gasteiger partial charge in [-0.1, -0.05) is 13.3 Å². The fraction of sp³-hybridized carbons (Fsp3) is 0.538. The van der Waals surface area contributed by atoms with Gasteiger partial charge < -0.3 is 14.7 Å². The molecule has 0 radical (unpaired) electrons. The Bertz CT molecular complexity index is 391. The van der Waals surface area contributed by atoms with Gasteiger partial charge in [0, 0.05) is 0 Å². The van der Waals surface area contributed by atoms with Crippen LogP contribution in [0.3, 0.4) is 0 Å². The molecule has 0 heterocycles. The van der Waals surface area contributed by atoms with Gasteiger partial charge in [0.1, 0.15) is 12.4 Å². The predicted octanol–water partition coefficient (Wildman–Crippen LogP) is 2.61. The topological polar surface area (TPSA) is 40.5 Å². The molecular formula is C13H21FNO2+. The van der Waals surface area contributed by atoms with E-state index in [-0.39, 0.29) is 17.1 Å². The number of halogens is 1. The van der Waals surface area contributed by atoms with E-state index in [4.69, 9.17) is 0 Å². The molecule has 0 fully saturated rings. The maximum Gasteiger partial charge on any atom is 0.169 e. The molecule has 0 aliphatic carbocycles. The molecule has 0 saturated heterocycles. The van der Waals surface area contributed by atoms with Gasteiger partial charge in [-0.05, 0) is 18.6 Å². The Morgan fingerprint density at radius 3 is 2.47 bits per heavy atom. The molecule has 4 heteroatoms. The summed E-state index contributed by atoms with van der Waals surface area (Å²) in [6, 6.07) is 2.35. The van der Waals surface area contributed by atoms with Crippen molar-refractivity contribution in [1.82, 2.24) is 0 Å². The second kappa shape index (κ2) is 5.36. The van der Waals surface area contributed by atoms with Gasteiger partial charge in [0.2, 0.25) is 0 Å². The number of nitrogens with zero attached hydrogens (tertiary/aromatic N) is 1. The third-order valence-electron chi connectivity index (χ3n) is 2.91. The Balaban J connectivity index is 2.91. The molecule has 0 amide bonds. The second-order valence-corrected chi connectivity index (χ2v) is 5.06. The number of benzene rings is 1. The van der Waals surface area contributed by atoms with E-state index in [1.54, 1.807) is 0 Å². The minimum Gasteiger partial charge on any atom is -0.504 e. The number of quaternary nitrogens is 1. The van der Waals surface area contributed by atoms with Gasteiger partial charge in [0.25, 0.3) is 0 Å². The van der Waals surface area contributed by atoms with Gasteiger partial charge >= 0.3 is 0 Å². The third-order valence-corrected chi connectivity index (χ3v) is 2.91. The largest absolute Gasteiger partial charge is 0.504 e. The van der Waals surface area contributed by atoms with Gasteiger partial charge in [-0.2, -0.15) is 0 Å². The molecule has 1 aromatic rings. The monoisotopic (exact) mass is 242 g/mol. The number of phenolic OH excluding ortho intramolecular Hbond substituents is 2. The van der Waals surface area contributed by atoms with Gasteiger partial charge in [-0.25, -0.2) is 4.39 Å². The van der Waals surface area contributed by atoms with Crippen molar-refractivity contribution < 1.29 is 19.1 Å². The molecule has 96 valence electrons. The molecule has 0 atom stereocenters. The average Bonchev–Trinajstić information content (AvgIpc) is 2.27. The lowest BCUT2D eigenvalue weighted by Gasteiger charge is -2.30. The van der Waals surface area contributed by atoms with Crippen LogP contribution < -0.4 is 0 Å². The zero-order chi connectivity index (χ0) is 13.1. The van der Waals surface area contributed by atoms with E-state index in [0.717, 1.165) is 19.4 Å². The van der Waals surface area contributed by atoms with Crippen LogP contribution in [0, 0.1) is 5.82 Å². The minimum atomic E-state index is -0.469. The first-order valence-corrected chi connectivity index (χ1v) is 5.88. The first-order valence-electron chi connectivity index (χ1n) is 5.88. The maximum absolute atomic E-state index is 13.6. The summed E-state index contributed by atoms with van der Waals surface area (Å²) in [5.74, 6) is -1.08. The van der Waals surface area contributed by atoms with Crippen LogP contribution >= 0.6 is 0 Å². The molecule has 0 unspecified atom stereocenters. The van der Waals surface area contributed by atoms with Crippen molar-refractivity contribution in [2.24, 2.45) is 0 Å². The standard InChI is InChI=1S/C13H20FNO2/c1-4-5-8-15(2,3)9-10-11(14)6-7-12(16)13(10)17/h6-7H,4-5,8-9H2,1-3H3,(H-,16,17)/p+1. The summed E-state index contributed by atoms with van der Waals surface area (Å²) in [5, 5.41) is 19.0. The van der Waals surface area contributed by atoms with E-state index in [1.165, 1.54) is 12.1 Å². The average molecular weight is 242 g/mol. The Hall–Kier alpha value is -1.29. The van der Waals surface area contributed by atoms with E-state index in [0.29, 0.717) is 11.0 Å². The fourth-order valence-electron chi connectivity index (χ4n) is 1.84. The predicted molar refractivity (Wildman–Crippen MR) is 65.3 cm³/mol. The van der Waals surface area contributed by atoms with Gasteiger partial charge in [0.15, 0.2) is 11.5 Å². The summed E-state index contributed by atoms with van der Waals surface area (Å²) in [5.41, 5.74) is 0.186. The number of unbranched alkanes of at least 4 members (excludes halogenated alkanes) is 1. The van der Waals surface area contributed by atoms with Crippen molar-refractivity contribution in [3.05, 3.63) is 23.5 Å². The molecule has 1 rings (SSSR count). The summed E-state index contributed by atoms with van der Waals surface area (Å²) in [6.45, 7) is 3.38. The van der Waals surface area contributed by atoms with Crippen molar-refractivity contribution in [2.75, 3.05) is 20.6 Å². The lowest BCUT2D eigenvalue weighted by atomic mass is 10.1. The number of hydrogen-bond donors (Lipinski definition) is 2. The molecule has 0 saturated carbocycles. The Kier molecular flexibility index (Phi) is 4.34.